The fourth-order valence-corrected chi connectivity index (χ4v) is 12.3. The van der Waals surface area contributed by atoms with Crippen LogP contribution in [0.5, 0.6) is 0 Å². The Balaban J connectivity index is 0.000000134. The number of nitrogens with zero attached hydrogens (tertiary/aromatic N) is 5. The first kappa shape index (κ1) is 38.9. The molecule has 0 aliphatic carbocycles. The van der Waals surface area contributed by atoms with Crippen molar-refractivity contribution in [2.75, 3.05) is 0 Å². The third kappa shape index (κ3) is 7.71. The summed E-state index contributed by atoms with van der Waals surface area (Å²) in [6, 6.07) is 16.0. The van der Waals surface area contributed by atoms with Crippen molar-refractivity contribution in [3.63, 3.8) is 0 Å². The highest BCUT2D eigenvalue weighted by atomic mass is 79.9. The fourth-order valence-electron chi connectivity index (χ4n) is 5.08. The Bertz CT molecular complexity index is 2420. The minimum absolute atomic E-state index is 0.144. The van der Waals surface area contributed by atoms with Gasteiger partial charge in [0.25, 0.3) is 0 Å². The average Bonchev–Trinajstić information content (AvgIpc) is 3.97. The van der Waals surface area contributed by atoms with Crippen LogP contribution in [0.1, 0.15) is 12.8 Å². The van der Waals surface area contributed by atoms with Crippen molar-refractivity contribution in [1.82, 2.24) is 21.4 Å². The summed E-state index contributed by atoms with van der Waals surface area (Å²) in [7, 11) is 0. The van der Waals surface area contributed by atoms with Crippen LogP contribution in [0.4, 0.5) is 0 Å². The van der Waals surface area contributed by atoms with Gasteiger partial charge in [0.05, 0.1) is 67.3 Å². The summed E-state index contributed by atoms with van der Waals surface area (Å²) in [5.41, 5.74) is 6.66. The standard InChI is InChI=1S/C14H4Br2Cl2N2S3.C14H6Cl2N2S3.C4H4BrNO2/c15-7-3-1-5(21-7)9-11(17)12(18)10(6-2-4-8(16)22-6)14-13(9)19-23-20-14;15-11-9(7-3-1-5-19-7)13-14(18-21-17-13)10(12(11)16)8-4-2-6-20-8;5-6-3(7)1-2-4(6)8/h1-4H;1-6H;1-2H2. The number of fused-ring (bicyclic) bond motifs is 2. The molecule has 1 saturated heterocycles. The summed E-state index contributed by atoms with van der Waals surface area (Å²) < 4.78 is 20.9. The Morgan fingerprint density at radius 1 is 0.538 bits per heavy atom. The second-order valence-electron chi connectivity index (χ2n) is 10.4. The smallest absolute Gasteiger partial charge is 0.239 e. The molecule has 8 aromatic rings. The fraction of sp³-hybridized carbons (Fsp3) is 0.0625. The Morgan fingerprint density at radius 2 is 0.885 bits per heavy atom. The molecule has 2 amide bonds. The molecule has 0 bridgehead atoms. The number of thiophene rings is 4. The molecule has 52 heavy (non-hydrogen) atoms. The van der Waals surface area contributed by atoms with Crippen LogP contribution in [0.25, 0.3) is 63.8 Å². The van der Waals surface area contributed by atoms with Crippen LogP contribution in [0, 0.1) is 0 Å². The van der Waals surface area contributed by atoms with Crippen LogP contribution in [0.15, 0.2) is 66.9 Å². The molecule has 0 saturated carbocycles. The summed E-state index contributed by atoms with van der Waals surface area (Å²) in [6.45, 7) is 0. The van der Waals surface area contributed by atoms with E-state index >= 15 is 0 Å². The van der Waals surface area contributed by atoms with Crippen molar-refractivity contribution in [3.8, 4) is 41.8 Å². The van der Waals surface area contributed by atoms with Gasteiger partial charge in [0, 0.05) is 54.6 Å². The maximum absolute atomic E-state index is 10.4. The van der Waals surface area contributed by atoms with Gasteiger partial charge >= 0.3 is 0 Å². The normalized spacial score (nSPS) is 12.8. The van der Waals surface area contributed by atoms with E-state index in [1.54, 1.807) is 45.3 Å². The number of imide groups is 1. The lowest BCUT2D eigenvalue weighted by molar-refractivity contribution is -0.131. The monoisotopic (exact) mass is 1070 g/mol. The Kier molecular flexibility index (Phi) is 12.5. The van der Waals surface area contributed by atoms with Gasteiger partial charge in [-0.2, -0.15) is 17.5 Å². The molecule has 9 rings (SSSR count). The summed E-state index contributed by atoms with van der Waals surface area (Å²) in [5, 5.41) is 6.14. The lowest BCUT2D eigenvalue weighted by Gasteiger charge is -2.10. The van der Waals surface area contributed by atoms with Gasteiger partial charge in [-0.15, -0.1) is 45.3 Å². The molecule has 0 spiro atoms. The quantitative estimate of drug-likeness (QED) is 0.129. The van der Waals surface area contributed by atoms with E-state index in [9.17, 15) is 9.59 Å². The number of halogens is 7. The van der Waals surface area contributed by atoms with Crippen LogP contribution in [0.2, 0.25) is 20.1 Å². The molecule has 0 atom stereocenters. The van der Waals surface area contributed by atoms with Gasteiger partial charge in [0.2, 0.25) is 11.8 Å². The SMILES string of the molecule is Clc1c(Cl)c(-c2ccc(Br)s2)c2nsnc2c1-c1ccc(Br)s1.Clc1c(Cl)c(-c2cccs2)c2nsnc2c1-c1cccs1.O=C1CCC(=O)N1Br. The molecular formula is C32H14Br3Cl4N5O2S6. The van der Waals surface area contributed by atoms with Crippen LogP contribution in [-0.4, -0.2) is 33.2 Å². The number of hydrogen-bond donors (Lipinski definition) is 0. The van der Waals surface area contributed by atoms with E-state index in [-0.39, 0.29) is 11.8 Å². The second kappa shape index (κ2) is 16.8. The number of rotatable bonds is 4. The molecule has 0 radical (unpaired) electrons. The predicted octanol–water partition coefficient (Wildman–Crippen LogP) is 14.9. The van der Waals surface area contributed by atoms with Gasteiger partial charge in [0.15, 0.2) is 0 Å². The van der Waals surface area contributed by atoms with Crippen molar-refractivity contribution in [1.29, 1.82) is 0 Å². The average molecular weight is 1070 g/mol. The van der Waals surface area contributed by atoms with E-state index in [0.29, 0.717) is 32.9 Å². The van der Waals surface area contributed by atoms with Crippen LogP contribution in [0.3, 0.4) is 0 Å². The predicted molar refractivity (Wildman–Crippen MR) is 234 cm³/mol. The van der Waals surface area contributed by atoms with Crippen LogP contribution >= 0.6 is 163 Å². The van der Waals surface area contributed by atoms with E-state index in [1.807, 2.05) is 59.3 Å². The Labute approximate surface area is 365 Å². The molecule has 0 N–H and O–H groups in total. The zero-order valence-corrected chi connectivity index (χ0v) is 38.0. The number of carbonyl (C=O) groups excluding carboxylic acids is 2. The van der Waals surface area contributed by atoms with Crippen LogP contribution < -0.4 is 0 Å². The Morgan fingerprint density at radius 3 is 1.13 bits per heavy atom. The number of benzene rings is 2. The van der Waals surface area contributed by atoms with E-state index in [0.717, 1.165) is 75.3 Å². The molecule has 1 fully saturated rings. The van der Waals surface area contributed by atoms with Crippen molar-refractivity contribution in [3.05, 3.63) is 87.0 Å². The van der Waals surface area contributed by atoms with E-state index in [1.165, 1.54) is 23.5 Å². The molecule has 1 aliphatic heterocycles. The number of amides is 2. The van der Waals surface area contributed by atoms with Gasteiger partial charge in [-0.3, -0.25) is 9.59 Å². The largest absolute Gasteiger partial charge is 0.274 e. The third-order valence-corrected chi connectivity index (χ3v) is 16.0. The van der Waals surface area contributed by atoms with E-state index in [4.69, 9.17) is 46.4 Å². The first-order chi connectivity index (χ1) is 25.0. The van der Waals surface area contributed by atoms with Gasteiger partial charge in [-0.1, -0.05) is 58.5 Å². The van der Waals surface area contributed by atoms with Crippen molar-refractivity contribution in [2.24, 2.45) is 0 Å². The second-order valence-corrected chi connectivity index (χ2v) is 20.5. The molecule has 264 valence electrons. The van der Waals surface area contributed by atoms with Crippen molar-refractivity contribution < 1.29 is 9.59 Å². The zero-order chi connectivity index (χ0) is 36.7. The van der Waals surface area contributed by atoms with E-state index in [2.05, 4.69) is 65.5 Å². The molecule has 7 nitrogen and oxygen atoms in total. The highest BCUT2D eigenvalue weighted by Gasteiger charge is 2.27. The number of carbonyl (C=O) groups is 2. The number of hydrogen-bond acceptors (Lipinski definition) is 12. The zero-order valence-electron chi connectivity index (χ0n) is 25.3. The molecule has 7 heterocycles. The summed E-state index contributed by atoms with van der Waals surface area (Å²) in [5.74, 6) is -0.287. The summed E-state index contributed by atoms with van der Waals surface area (Å²) in [6.07, 6.45) is 0.703. The molecule has 6 aromatic heterocycles. The summed E-state index contributed by atoms with van der Waals surface area (Å²) in [4.78, 5) is 25.0. The van der Waals surface area contributed by atoms with Gasteiger partial charge in [-0.25, -0.2) is 3.93 Å². The van der Waals surface area contributed by atoms with Crippen LogP contribution in [-0.2, 0) is 9.59 Å². The summed E-state index contributed by atoms with van der Waals surface area (Å²) >= 11 is 44.9. The van der Waals surface area contributed by atoms with Gasteiger partial charge in [0.1, 0.15) is 22.1 Å². The third-order valence-electron chi connectivity index (χ3n) is 7.35. The minimum Gasteiger partial charge on any atom is -0.274 e. The maximum Gasteiger partial charge on any atom is 0.239 e. The molecular weight excluding hydrogens is 1060 g/mol. The molecule has 0 unspecified atom stereocenters. The Hall–Kier alpha value is -1.38. The lowest BCUT2D eigenvalue weighted by Crippen LogP contribution is -2.16. The van der Waals surface area contributed by atoms with E-state index < -0.39 is 0 Å². The first-order valence-corrected chi connectivity index (χ1v) is 23.1. The van der Waals surface area contributed by atoms with Gasteiger partial charge < -0.3 is 0 Å². The maximum atomic E-state index is 10.4. The molecule has 1 aliphatic rings. The first-order valence-electron chi connectivity index (χ1n) is 14.4. The highest BCUT2D eigenvalue weighted by Crippen LogP contribution is 2.50. The van der Waals surface area contributed by atoms with Crippen molar-refractivity contribution in [2.45, 2.75) is 12.8 Å². The van der Waals surface area contributed by atoms with Gasteiger partial charge in [-0.05, 0) is 79.0 Å². The number of aromatic nitrogens is 4. The molecule has 20 heteroatoms. The molecule has 2 aromatic carbocycles. The lowest BCUT2D eigenvalue weighted by atomic mass is 10.1. The highest BCUT2D eigenvalue weighted by molar-refractivity contribution is 9.11. The topological polar surface area (TPSA) is 88.9 Å². The minimum atomic E-state index is -0.144. The van der Waals surface area contributed by atoms with Crippen molar-refractivity contribution >= 4 is 197 Å².